The van der Waals surface area contributed by atoms with Crippen molar-refractivity contribution < 1.29 is 0 Å². The van der Waals surface area contributed by atoms with E-state index < -0.39 is 0 Å². The molecule has 2 rings (SSSR count). The molecule has 0 saturated heterocycles. The molecule has 0 aromatic carbocycles. The fourth-order valence-corrected chi connectivity index (χ4v) is 1.75. The minimum absolute atomic E-state index is 0.724. The topological polar surface area (TPSA) is 30.2 Å². The van der Waals surface area contributed by atoms with E-state index in [0.717, 1.165) is 28.1 Å². The number of rotatable bonds is 2. The van der Waals surface area contributed by atoms with Crippen molar-refractivity contribution in [2.45, 2.75) is 6.92 Å². The average molecular weight is 252 g/mol. The summed E-state index contributed by atoms with van der Waals surface area (Å²) in [6.07, 6.45) is 3.69. The SMILES string of the molecule is C=C(CBr)c1c(C)nc2ncccn12. The van der Waals surface area contributed by atoms with Gasteiger partial charge >= 0.3 is 0 Å². The lowest BCUT2D eigenvalue weighted by Crippen LogP contribution is -1.94. The van der Waals surface area contributed by atoms with Gasteiger partial charge in [-0.1, -0.05) is 22.5 Å². The minimum atomic E-state index is 0.724. The van der Waals surface area contributed by atoms with E-state index in [1.165, 1.54) is 0 Å². The molecular formula is C10H10BrN3. The van der Waals surface area contributed by atoms with Crippen LogP contribution in [0.15, 0.2) is 25.0 Å². The number of hydrogen-bond acceptors (Lipinski definition) is 2. The first kappa shape index (κ1) is 9.40. The number of nitrogens with zero attached hydrogens (tertiary/aromatic N) is 3. The smallest absolute Gasteiger partial charge is 0.234 e. The summed E-state index contributed by atoms with van der Waals surface area (Å²) in [6.45, 7) is 5.96. The Kier molecular flexibility index (Phi) is 2.37. The van der Waals surface area contributed by atoms with Crippen LogP contribution in [-0.4, -0.2) is 19.7 Å². The molecular weight excluding hydrogens is 242 g/mol. The van der Waals surface area contributed by atoms with E-state index in [2.05, 4.69) is 32.5 Å². The van der Waals surface area contributed by atoms with Crippen LogP contribution in [0.25, 0.3) is 11.4 Å². The number of halogens is 1. The number of aryl methyl sites for hydroxylation is 1. The van der Waals surface area contributed by atoms with Crippen LogP contribution in [0.4, 0.5) is 0 Å². The largest absolute Gasteiger partial charge is 0.284 e. The molecule has 0 atom stereocenters. The lowest BCUT2D eigenvalue weighted by Gasteiger charge is -2.02. The molecule has 72 valence electrons. The van der Waals surface area contributed by atoms with Crippen LogP contribution < -0.4 is 0 Å². The second-order valence-electron chi connectivity index (χ2n) is 3.07. The predicted molar refractivity (Wildman–Crippen MR) is 60.6 cm³/mol. The van der Waals surface area contributed by atoms with E-state index in [4.69, 9.17) is 0 Å². The van der Waals surface area contributed by atoms with Gasteiger partial charge in [0.1, 0.15) is 0 Å². The van der Waals surface area contributed by atoms with Crippen molar-refractivity contribution >= 4 is 27.3 Å². The third-order valence-electron chi connectivity index (χ3n) is 2.07. The molecule has 0 aliphatic rings. The first-order chi connectivity index (χ1) is 6.74. The van der Waals surface area contributed by atoms with E-state index in [-0.39, 0.29) is 0 Å². The van der Waals surface area contributed by atoms with E-state index in [1.807, 2.05) is 23.6 Å². The van der Waals surface area contributed by atoms with Crippen molar-refractivity contribution in [2.75, 3.05) is 5.33 Å². The van der Waals surface area contributed by atoms with Gasteiger partial charge < -0.3 is 0 Å². The van der Waals surface area contributed by atoms with E-state index in [1.54, 1.807) is 6.20 Å². The highest BCUT2D eigenvalue weighted by molar-refractivity contribution is 9.09. The first-order valence-corrected chi connectivity index (χ1v) is 5.40. The summed E-state index contributed by atoms with van der Waals surface area (Å²) < 4.78 is 1.96. The number of hydrogen-bond donors (Lipinski definition) is 0. The van der Waals surface area contributed by atoms with E-state index in [9.17, 15) is 0 Å². The van der Waals surface area contributed by atoms with Gasteiger partial charge in [0, 0.05) is 17.7 Å². The number of alkyl halides is 1. The van der Waals surface area contributed by atoms with Crippen molar-refractivity contribution in [1.29, 1.82) is 0 Å². The van der Waals surface area contributed by atoms with Gasteiger partial charge in [0.15, 0.2) is 0 Å². The highest BCUT2D eigenvalue weighted by Crippen LogP contribution is 2.19. The second-order valence-corrected chi connectivity index (χ2v) is 3.63. The van der Waals surface area contributed by atoms with Crippen LogP contribution >= 0.6 is 15.9 Å². The normalized spacial score (nSPS) is 10.7. The van der Waals surface area contributed by atoms with Crippen LogP contribution in [0, 0.1) is 6.92 Å². The molecule has 3 nitrogen and oxygen atoms in total. The Morgan fingerprint density at radius 3 is 3.14 bits per heavy atom. The second kappa shape index (κ2) is 3.53. The van der Waals surface area contributed by atoms with Crippen LogP contribution in [-0.2, 0) is 0 Å². The average Bonchev–Trinajstić information content (AvgIpc) is 2.53. The van der Waals surface area contributed by atoms with Crippen molar-refractivity contribution in [1.82, 2.24) is 14.4 Å². The van der Waals surface area contributed by atoms with Crippen molar-refractivity contribution in [3.8, 4) is 0 Å². The quantitative estimate of drug-likeness (QED) is 0.768. The van der Waals surface area contributed by atoms with Crippen LogP contribution in [0.1, 0.15) is 11.4 Å². The van der Waals surface area contributed by atoms with Gasteiger partial charge in [-0.05, 0) is 18.6 Å². The summed E-state index contributed by atoms with van der Waals surface area (Å²) >= 11 is 3.40. The van der Waals surface area contributed by atoms with Gasteiger partial charge in [-0.3, -0.25) is 4.40 Å². The Bertz CT molecular complexity index is 487. The zero-order valence-corrected chi connectivity index (χ0v) is 9.45. The van der Waals surface area contributed by atoms with E-state index in [0.29, 0.717) is 0 Å². The molecule has 0 aliphatic carbocycles. The summed E-state index contributed by atoms with van der Waals surface area (Å²) in [4.78, 5) is 8.53. The molecule has 2 heterocycles. The Balaban J connectivity index is 2.74. The number of allylic oxidation sites excluding steroid dienone is 1. The summed E-state index contributed by atoms with van der Waals surface area (Å²) in [5.74, 6) is 0.724. The van der Waals surface area contributed by atoms with Gasteiger partial charge in [-0.2, -0.15) is 0 Å². The maximum atomic E-state index is 4.35. The van der Waals surface area contributed by atoms with Gasteiger partial charge in [0.05, 0.1) is 11.4 Å². The standard InChI is InChI=1S/C10H10BrN3/c1-7(6-11)9-8(2)13-10-12-4-3-5-14(9)10/h3-5H,1,6H2,2H3. The minimum Gasteiger partial charge on any atom is -0.284 e. The Hall–Kier alpha value is -1.16. The molecule has 0 aliphatic heterocycles. The number of fused-ring (bicyclic) bond motifs is 1. The number of aromatic nitrogens is 3. The van der Waals surface area contributed by atoms with Gasteiger partial charge in [-0.25, -0.2) is 9.97 Å². The molecule has 14 heavy (non-hydrogen) atoms. The van der Waals surface area contributed by atoms with Crippen LogP contribution in [0.5, 0.6) is 0 Å². The highest BCUT2D eigenvalue weighted by atomic mass is 79.9. The third kappa shape index (κ3) is 1.35. The summed E-state index contributed by atoms with van der Waals surface area (Å²) in [7, 11) is 0. The van der Waals surface area contributed by atoms with E-state index >= 15 is 0 Å². The molecule has 2 aromatic heterocycles. The van der Waals surface area contributed by atoms with Gasteiger partial charge in [-0.15, -0.1) is 0 Å². The lowest BCUT2D eigenvalue weighted by atomic mass is 10.2. The predicted octanol–water partition coefficient (Wildman–Crippen LogP) is 2.45. The molecule has 0 saturated carbocycles. The zero-order valence-electron chi connectivity index (χ0n) is 7.87. The van der Waals surface area contributed by atoms with Crippen LogP contribution in [0.3, 0.4) is 0 Å². The molecule has 0 spiro atoms. The molecule has 0 unspecified atom stereocenters. The number of imidazole rings is 1. The Morgan fingerprint density at radius 1 is 1.64 bits per heavy atom. The maximum absolute atomic E-state index is 4.35. The first-order valence-electron chi connectivity index (χ1n) is 4.28. The highest BCUT2D eigenvalue weighted by Gasteiger charge is 2.10. The van der Waals surface area contributed by atoms with Crippen molar-refractivity contribution in [3.63, 3.8) is 0 Å². The maximum Gasteiger partial charge on any atom is 0.234 e. The summed E-state index contributed by atoms with van der Waals surface area (Å²) in [5, 5.41) is 0.747. The molecule has 0 N–H and O–H groups in total. The van der Waals surface area contributed by atoms with Crippen LogP contribution in [0.2, 0.25) is 0 Å². The monoisotopic (exact) mass is 251 g/mol. The van der Waals surface area contributed by atoms with Crippen molar-refractivity contribution in [3.05, 3.63) is 36.4 Å². The van der Waals surface area contributed by atoms with Gasteiger partial charge in [0.2, 0.25) is 5.78 Å². The summed E-state index contributed by atoms with van der Waals surface area (Å²) in [5.41, 5.74) is 3.03. The third-order valence-corrected chi connectivity index (χ3v) is 2.75. The molecule has 0 fully saturated rings. The molecule has 4 heteroatoms. The fraction of sp³-hybridized carbons (Fsp3) is 0.200. The molecule has 0 amide bonds. The van der Waals surface area contributed by atoms with Crippen molar-refractivity contribution in [2.24, 2.45) is 0 Å². The Morgan fingerprint density at radius 2 is 2.43 bits per heavy atom. The van der Waals surface area contributed by atoms with Gasteiger partial charge in [0.25, 0.3) is 0 Å². The Labute approximate surface area is 90.6 Å². The molecule has 0 bridgehead atoms. The zero-order chi connectivity index (χ0) is 10.1. The molecule has 2 aromatic rings. The lowest BCUT2D eigenvalue weighted by molar-refractivity contribution is 1.09. The molecule has 0 radical (unpaired) electrons. The fourth-order valence-electron chi connectivity index (χ4n) is 1.49. The summed E-state index contributed by atoms with van der Waals surface area (Å²) in [6, 6.07) is 1.89.